The van der Waals surface area contributed by atoms with Crippen LogP contribution >= 0.6 is 24.0 Å². The highest BCUT2D eigenvalue weighted by Crippen LogP contribution is 2.52. The standard InChI is InChI=1S/C19H25F2N3O4.HI/c1-19(2)15(11-4-5-25-16(11)19)24-18(22-3)23-8-10-6-13-14(27-9-26-13)7-12(10)28-17(20)21;/h6-7,11,15-17H,4-5,8-9H2,1-3H3,(H2,22,23,24);1H. The molecule has 4 rings (SSSR count). The summed E-state index contributed by atoms with van der Waals surface area (Å²) in [6.45, 7) is 2.52. The molecule has 0 spiro atoms. The number of fused-ring (bicyclic) bond motifs is 2. The smallest absolute Gasteiger partial charge is 0.387 e. The predicted octanol–water partition coefficient (Wildman–Crippen LogP) is 3.11. The number of nitrogens with one attached hydrogen (secondary N) is 2. The molecule has 2 fully saturated rings. The third kappa shape index (κ3) is 4.18. The summed E-state index contributed by atoms with van der Waals surface area (Å²) in [5, 5.41) is 6.65. The zero-order valence-corrected chi connectivity index (χ0v) is 18.9. The lowest BCUT2D eigenvalue weighted by Gasteiger charge is -2.54. The van der Waals surface area contributed by atoms with E-state index in [1.54, 1.807) is 13.1 Å². The Bertz CT molecular complexity index is 778. The Balaban J connectivity index is 0.00000240. The Morgan fingerprint density at radius 1 is 1.31 bits per heavy atom. The topological polar surface area (TPSA) is 73.3 Å². The fraction of sp³-hybridized carbons (Fsp3) is 0.632. The summed E-state index contributed by atoms with van der Waals surface area (Å²) in [4.78, 5) is 4.28. The Hall–Kier alpha value is -1.56. The van der Waals surface area contributed by atoms with Crippen molar-refractivity contribution in [1.82, 2.24) is 10.6 Å². The van der Waals surface area contributed by atoms with E-state index in [0.717, 1.165) is 13.0 Å². The first-order valence-electron chi connectivity index (χ1n) is 9.36. The molecule has 29 heavy (non-hydrogen) atoms. The fourth-order valence-electron chi connectivity index (χ4n) is 4.45. The third-order valence-corrected chi connectivity index (χ3v) is 5.83. The average Bonchev–Trinajstić information content (AvgIpc) is 3.28. The monoisotopic (exact) mass is 525 g/mol. The summed E-state index contributed by atoms with van der Waals surface area (Å²) < 4.78 is 46.6. The molecule has 3 aliphatic rings. The van der Waals surface area contributed by atoms with Crippen LogP contribution in [0, 0.1) is 11.3 Å². The Kier molecular flexibility index (Phi) is 6.61. The van der Waals surface area contributed by atoms with Crippen LogP contribution in [0.1, 0.15) is 25.8 Å². The number of nitrogens with zero attached hydrogens (tertiary/aromatic N) is 1. The molecule has 0 bridgehead atoms. The zero-order valence-electron chi connectivity index (χ0n) is 16.5. The maximum absolute atomic E-state index is 12.8. The van der Waals surface area contributed by atoms with Gasteiger partial charge in [-0.25, -0.2) is 0 Å². The van der Waals surface area contributed by atoms with E-state index in [9.17, 15) is 8.78 Å². The molecule has 0 aromatic heterocycles. The van der Waals surface area contributed by atoms with Crippen LogP contribution in [0.5, 0.6) is 17.2 Å². The molecule has 162 valence electrons. The van der Waals surface area contributed by atoms with Crippen LogP contribution in [0.25, 0.3) is 0 Å². The quantitative estimate of drug-likeness (QED) is 0.350. The molecule has 2 heterocycles. The Morgan fingerprint density at radius 2 is 2.03 bits per heavy atom. The van der Waals surface area contributed by atoms with Gasteiger partial charge in [-0.1, -0.05) is 13.8 Å². The largest absolute Gasteiger partial charge is 0.454 e. The van der Waals surface area contributed by atoms with E-state index < -0.39 is 6.61 Å². The van der Waals surface area contributed by atoms with E-state index in [1.807, 2.05) is 0 Å². The van der Waals surface area contributed by atoms with Gasteiger partial charge in [-0.05, 0) is 12.5 Å². The molecule has 1 saturated heterocycles. The van der Waals surface area contributed by atoms with Gasteiger partial charge in [0.05, 0.1) is 6.10 Å². The van der Waals surface area contributed by atoms with Gasteiger partial charge in [-0.3, -0.25) is 4.99 Å². The second-order valence-corrected chi connectivity index (χ2v) is 7.80. The van der Waals surface area contributed by atoms with Crippen LogP contribution in [-0.2, 0) is 11.3 Å². The number of ether oxygens (including phenoxy) is 4. The van der Waals surface area contributed by atoms with Crippen molar-refractivity contribution in [3.05, 3.63) is 17.7 Å². The minimum Gasteiger partial charge on any atom is -0.454 e. The maximum atomic E-state index is 12.8. The molecule has 1 saturated carbocycles. The van der Waals surface area contributed by atoms with Gasteiger partial charge >= 0.3 is 6.61 Å². The Labute approximate surface area is 185 Å². The molecule has 2 aliphatic heterocycles. The van der Waals surface area contributed by atoms with Crippen molar-refractivity contribution in [2.24, 2.45) is 16.3 Å². The Morgan fingerprint density at radius 3 is 2.72 bits per heavy atom. The molecule has 10 heteroatoms. The molecule has 0 amide bonds. The van der Waals surface area contributed by atoms with Crippen molar-refractivity contribution in [1.29, 1.82) is 0 Å². The molecule has 0 radical (unpaired) electrons. The zero-order chi connectivity index (χ0) is 19.9. The normalized spacial score (nSPS) is 26.4. The van der Waals surface area contributed by atoms with Crippen molar-refractivity contribution in [2.45, 2.75) is 45.6 Å². The van der Waals surface area contributed by atoms with Gasteiger partial charge in [0, 0.05) is 49.2 Å². The molecule has 3 atom stereocenters. The molecule has 1 aromatic carbocycles. The number of halogens is 3. The van der Waals surface area contributed by atoms with Crippen LogP contribution < -0.4 is 24.8 Å². The summed E-state index contributed by atoms with van der Waals surface area (Å²) in [5.41, 5.74) is 0.532. The minimum absolute atomic E-state index is 0. The second kappa shape index (κ2) is 8.66. The first-order valence-corrected chi connectivity index (χ1v) is 9.36. The van der Waals surface area contributed by atoms with Crippen molar-refractivity contribution in [2.75, 3.05) is 20.4 Å². The van der Waals surface area contributed by atoms with Crippen LogP contribution in [0.3, 0.4) is 0 Å². The van der Waals surface area contributed by atoms with Gasteiger partial charge in [0.25, 0.3) is 0 Å². The number of hydrogen-bond donors (Lipinski definition) is 2. The minimum atomic E-state index is -2.92. The fourth-order valence-corrected chi connectivity index (χ4v) is 4.45. The van der Waals surface area contributed by atoms with Crippen molar-refractivity contribution in [3.63, 3.8) is 0 Å². The number of benzene rings is 1. The summed E-state index contributed by atoms with van der Waals surface area (Å²) in [6.07, 6.45) is 1.29. The molecule has 1 aromatic rings. The average molecular weight is 525 g/mol. The van der Waals surface area contributed by atoms with E-state index in [4.69, 9.17) is 14.2 Å². The lowest BCUT2D eigenvalue weighted by Crippen LogP contribution is -2.67. The van der Waals surface area contributed by atoms with Crippen molar-refractivity contribution in [3.8, 4) is 17.2 Å². The summed E-state index contributed by atoms with van der Waals surface area (Å²) >= 11 is 0. The number of aliphatic imine (C=N–C) groups is 1. The van der Waals surface area contributed by atoms with Crippen LogP contribution in [0.15, 0.2) is 17.1 Å². The van der Waals surface area contributed by atoms with Crippen LogP contribution in [-0.4, -0.2) is 45.2 Å². The molecule has 7 nitrogen and oxygen atoms in total. The first-order chi connectivity index (χ1) is 13.4. The summed E-state index contributed by atoms with van der Waals surface area (Å²) in [6, 6.07) is 3.31. The van der Waals surface area contributed by atoms with Crippen LogP contribution in [0.4, 0.5) is 8.78 Å². The van der Waals surface area contributed by atoms with E-state index >= 15 is 0 Å². The molecular formula is C19H26F2IN3O4. The number of rotatable bonds is 5. The van der Waals surface area contributed by atoms with E-state index in [-0.39, 0.29) is 60.6 Å². The van der Waals surface area contributed by atoms with Gasteiger partial charge in [0.1, 0.15) is 5.75 Å². The number of guanidine groups is 1. The van der Waals surface area contributed by atoms with Crippen molar-refractivity contribution < 1.29 is 27.7 Å². The summed E-state index contributed by atoms with van der Waals surface area (Å²) in [7, 11) is 1.68. The highest BCUT2D eigenvalue weighted by molar-refractivity contribution is 14.0. The molecule has 1 aliphatic carbocycles. The van der Waals surface area contributed by atoms with Crippen molar-refractivity contribution >= 4 is 29.9 Å². The van der Waals surface area contributed by atoms with E-state index in [0.29, 0.717) is 28.9 Å². The lowest BCUT2D eigenvalue weighted by molar-refractivity contribution is -0.106. The van der Waals surface area contributed by atoms with Gasteiger partial charge < -0.3 is 29.6 Å². The van der Waals surface area contributed by atoms with Gasteiger partial charge in [0.2, 0.25) is 6.79 Å². The second-order valence-electron chi connectivity index (χ2n) is 7.80. The summed E-state index contributed by atoms with van der Waals surface area (Å²) in [5.74, 6) is 2.01. The van der Waals surface area contributed by atoms with Gasteiger partial charge in [0.15, 0.2) is 17.5 Å². The first kappa shape index (κ1) is 22.1. The highest BCUT2D eigenvalue weighted by atomic mass is 127. The van der Waals surface area contributed by atoms with E-state index in [2.05, 4.69) is 34.2 Å². The third-order valence-electron chi connectivity index (χ3n) is 5.83. The number of hydrogen-bond acceptors (Lipinski definition) is 5. The molecular weight excluding hydrogens is 499 g/mol. The van der Waals surface area contributed by atoms with Gasteiger partial charge in [-0.15, -0.1) is 24.0 Å². The predicted molar refractivity (Wildman–Crippen MR) is 113 cm³/mol. The maximum Gasteiger partial charge on any atom is 0.387 e. The van der Waals surface area contributed by atoms with E-state index in [1.165, 1.54) is 6.07 Å². The SMILES string of the molecule is CN=C(NCc1cc2c(cc1OC(F)F)OCO2)NC1C2CCOC2C1(C)C.I. The molecule has 2 N–H and O–H groups in total. The highest BCUT2D eigenvalue weighted by Gasteiger charge is 2.59. The number of alkyl halides is 2. The lowest BCUT2D eigenvalue weighted by atomic mass is 9.57. The van der Waals surface area contributed by atoms with Gasteiger partial charge in [-0.2, -0.15) is 8.78 Å². The van der Waals surface area contributed by atoms with Crippen LogP contribution in [0.2, 0.25) is 0 Å². The molecule has 3 unspecified atom stereocenters.